The van der Waals surface area contributed by atoms with Gasteiger partial charge in [0.25, 0.3) is 0 Å². The minimum atomic E-state index is -1.82. The first-order chi connectivity index (χ1) is 18.2. The van der Waals surface area contributed by atoms with Crippen molar-refractivity contribution < 1.29 is 39.1 Å². The maximum atomic E-state index is 10.3. The first-order valence-corrected chi connectivity index (χ1v) is 12.1. The van der Waals surface area contributed by atoms with E-state index in [1.54, 1.807) is 14.2 Å². The standard InChI is InChI=1S/C27H33NO4.C2H2O4/c1-20(28-18-23(29)19-32-26-7-5-4-6-8-26)17-27(21-9-13-24(30-2)14-10-21)22-11-15-25(31-3)16-12-22;3-1(4)2(5)6/h4-16,20,23,27-29H,17-19H2,1-3H3;(H,3,4)(H,5,6)/t20-,23+;/m1./s1. The van der Waals surface area contributed by atoms with Gasteiger partial charge in [0.15, 0.2) is 0 Å². The molecule has 9 nitrogen and oxygen atoms in total. The zero-order chi connectivity index (χ0) is 27.9. The predicted octanol–water partition coefficient (Wildman–Crippen LogP) is 3.80. The molecule has 3 aromatic carbocycles. The SMILES string of the molecule is COc1ccc(C(C[C@@H](C)NC[C@H](O)COc2ccccc2)c2ccc(OC)cc2)cc1.O=C(O)C(=O)O. The van der Waals surface area contributed by atoms with E-state index in [0.717, 1.165) is 23.7 Å². The van der Waals surface area contributed by atoms with Gasteiger partial charge >= 0.3 is 11.9 Å². The normalized spacial score (nSPS) is 12.0. The minimum Gasteiger partial charge on any atom is -0.497 e. The number of carboxylic acid groups (broad SMARTS) is 2. The van der Waals surface area contributed by atoms with Gasteiger partial charge in [-0.2, -0.15) is 0 Å². The van der Waals surface area contributed by atoms with Crippen LogP contribution in [0.5, 0.6) is 17.2 Å². The van der Waals surface area contributed by atoms with Gasteiger partial charge < -0.3 is 34.8 Å². The Labute approximate surface area is 222 Å². The fourth-order valence-electron chi connectivity index (χ4n) is 3.68. The molecule has 0 heterocycles. The molecule has 0 aliphatic rings. The summed E-state index contributed by atoms with van der Waals surface area (Å²) in [5.74, 6) is -0.999. The molecule has 0 aromatic heterocycles. The Hall–Kier alpha value is -4.08. The number of aliphatic hydroxyl groups is 1. The van der Waals surface area contributed by atoms with Crippen LogP contribution in [0.4, 0.5) is 0 Å². The first kappa shape index (κ1) is 30.1. The van der Waals surface area contributed by atoms with E-state index >= 15 is 0 Å². The van der Waals surface area contributed by atoms with E-state index in [-0.39, 0.29) is 18.6 Å². The highest BCUT2D eigenvalue weighted by atomic mass is 16.5. The van der Waals surface area contributed by atoms with Crippen molar-refractivity contribution in [3.8, 4) is 17.2 Å². The Morgan fingerprint density at radius 2 is 1.24 bits per heavy atom. The van der Waals surface area contributed by atoms with Crippen molar-refractivity contribution in [2.24, 2.45) is 0 Å². The van der Waals surface area contributed by atoms with Crippen LogP contribution < -0.4 is 19.5 Å². The smallest absolute Gasteiger partial charge is 0.414 e. The zero-order valence-corrected chi connectivity index (χ0v) is 21.7. The van der Waals surface area contributed by atoms with E-state index in [4.69, 9.17) is 34.0 Å². The molecule has 3 rings (SSSR count). The van der Waals surface area contributed by atoms with Crippen LogP contribution in [0.2, 0.25) is 0 Å². The Kier molecular flexibility index (Phi) is 12.6. The van der Waals surface area contributed by atoms with Crippen LogP contribution in [0, 0.1) is 0 Å². The molecule has 0 aliphatic heterocycles. The Bertz CT molecular complexity index is 1040. The van der Waals surface area contributed by atoms with E-state index in [0.29, 0.717) is 6.54 Å². The molecule has 0 fully saturated rings. The van der Waals surface area contributed by atoms with E-state index < -0.39 is 18.0 Å². The van der Waals surface area contributed by atoms with E-state index in [9.17, 15) is 5.11 Å². The lowest BCUT2D eigenvalue weighted by Crippen LogP contribution is -2.37. The van der Waals surface area contributed by atoms with Crippen LogP contribution in [-0.4, -0.2) is 66.8 Å². The van der Waals surface area contributed by atoms with Crippen molar-refractivity contribution in [2.75, 3.05) is 27.4 Å². The third-order valence-corrected chi connectivity index (χ3v) is 5.70. The van der Waals surface area contributed by atoms with Crippen LogP contribution in [0.15, 0.2) is 78.9 Å². The summed E-state index contributed by atoms with van der Waals surface area (Å²) in [4.78, 5) is 18.2. The average Bonchev–Trinajstić information content (AvgIpc) is 2.94. The summed E-state index contributed by atoms with van der Waals surface area (Å²) < 4.78 is 16.3. The summed E-state index contributed by atoms with van der Waals surface area (Å²) >= 11 is 0. The maximum Gasteiger partial charge on any atom is 0.414 e. The van der Waals surface area contributed by atoms with Crippen molar-refractivity contribution >= 4 is 11.9 Å². The van der Waals surface area contributed by atoms with Crippen molar-refractivity contribution in [3.05, 3.63) is 90.0 Å². The number of nitrogens with one attached hydrogen (secondary N) is 1. The summed E-state index contributed by atoms with van der Waals surface area (Å²) in [7, 11) is 3.35. The molecular weight excluding hydrogens is 490 g/mol. The fourth-order valence-corrected chi connectivity index (χ4v) is 3.68. The van der Waals surface area contributed by atoms with Gasteiger partial charge in [0.2, 0.25) is 0 Å². The number of ether oxygens (including phenoxy) is 3. The first-order valence-electron chi connectivity index (χ1n) is 12.1. The second-order valence-corrected chi connectivity index (χ2v) is 8.53. The van der Waals surface area contributed by atoms with Gasteiger partial charge in [0, 0.05) is 18.5 Å². The van der Waals surface area contributed by atoms with Crippen LogP contribution in [0.25, 0.3) is 0 Å². The van der Waals surface area contributed by atoms with E-state index in [1.165, 1.54) is 11.1 Å². The summed E-state index contributed by atoms with van der Waals surface area (Å²) in [6.07, 6.45) is 0.295. The molecule has 0 saturated heterocycles. The van der Waals surface area contributed by atoms with Gasteiger partial charge in [-0.15, -0.1) is 0 Å². The Morgan fingerprint density at radius 1 is 0.763 bits per heavy atom. The van der Waals surface area contributed by atoms with Crippen LogP contribution in [-0.2, 0) is 9.59 Å². The minimum absolute atomic E-state index is 0.190. The highest BCUT2D eigenvalue weighted by Crippen LogP contribution is 2.31. The molecule has 38 heavy (non-hydrogen) atoms. The van der Waals surface area contributed by atoms with E-state index in [2.05, 4.69) is 36.5 Å². The van der Waals surface area contributed by atoms with Gasteiger partial charge in [0.1, 0.15) is 30.0 Å². The topological polar surface area (TPSA) is 135 Å². The molecule has 0 aliphatic carbocycles. The molecule has 9 heteroatoms. The third kappa shape index (κ3) is 10.5. The lowest BCUT2D eigenvalue weighted by atomic mass is 9.86. The number of rotatable bonds is 12. The fraction of sp³-hybridized carbons (Fsp3) is 0.310. The summed E-state index contributed by atoms with van der Waals surface area (Å²) in [5, 5.41) is 28.6. The van der Waals surface area contributed by atoms with Crippen LogP contribution in [0.1, 0.15) is 30.4 Å². The van der Waals surface area contributed by atoms with Crippen LogP contribution in [0.3, 0.4) is 0 Å². The number of hydrogen-bond donors (Lipinski definition) is 4. The van der Waals surface area contributed by atoms with Crippen LogP contribution >= 0.6 is 0 Å². The van der Waals surface area contributed by atoms with Gasteiger partial charge in [0.05, 0.1) is 14.2 Å². The van der Waals surface area contributed by atoms with E-state index in [1.807, 2.05) is 54.6 Å². The summed E-state index contributed by atoms with van der Waals surface area (Å²) in [5.41, 5.74) is 2.44. The average molecular weight is 526 g/mol. The molecule has 2 atom stereocenters. The molecule has 0 radical (unpaired) electrons. The quantitative estimate of drug-likeness (QED) is 0.261. The van der Waals surface area contributed by atoms with Crippen molar-refractivity contribution in [3.63, 3.8) is 0 Å². The molecule has 0 saturated carbocycles. The number of methoxy groups -OCH3 is 2. The lowest BCUT2D eigenvalue weighted by Gasteiger charge is -2.24. The lowest BCUT2D eigenvalue weighted by molar-refractivity contribution is -0.159. The van der Waals surface area contributed by atoms with Gasteiger partial charge in [-0.25, -0.2) is 9.59 Å². The molecule has 3 aromatic rings. The Balaban J connectivity index is 0.000000757. The van der Waals surface area contributed by atoms with Crippen molar-refractivity contribution in [2.45, 2.75) is 31.4 Å². The number of para-hydroxylation sites is 1. The molecule has 0 bridgehead atoms. The monoisotopic (exact) mass is 525 g/mol. The number of carbonyl (C=O) groups is 2. The number of hydrogen-bond acceptors (Lipinski definition) is 7. The predicted molar refractivity (Wildman–Crippen MR) is 143 cm³/mol. The number of aliphatic hydroxyl groups excluding tert-OH is 1. The van der Waals surface area contributed by atoms with Crippen molar-refractivity contribution in [1.29, 1.82) is 0 Å². The van der Waals surface area contributed by atoms with Gasteiger partial charge in [-0.05, 0) is 60.9 Å². The number of carboxylic acids is 2. The molecular formula is C29H35NO8. The molecule has 0 spiro atoms. The molecule has 0 amide bonds. The second-order valence-electron chi connectivity index (χ2n) is 8.53. The van der Waals surface area contributed by atoms with Gasteiger partial charge in [-0.3, -0.25) is 0 Å². The van der Waals surface area contributed by atoms with Crippen molar-refractivity contribution in [1.82, 2.24) is 5.32 Å². The maximum absolute atomic E-state index is 10.3. The third-order valence-electron chi connectivity index (χ3n) is 5.70. The van der Waals surface area contributed by atoms with Gasteiger partial charge in [-0.1, -0.05) is 42.5 Å². The number of benzene rings is 3. The highest BCUT2D eigenvalue weighted by molar-refractivity contribution is 6.27. The zero-order valence-electron chi connectivity index (χ0n) is 21.7. The number of aliphatic carboxylic acids is 2. The molecule has 204 valence electrons. The summed E-state index contributed by atoms with van der Waals surface area (Å²) in [6, 6.07) is 26.2. The molecule has 4 N–H and O–H groups in total. The second kappa shape index (κ2) is 15.9. The molecule has 0 unspecified atom stereocenters. The summed E-state index contributed by atoms with van der Waals surface area (Å²) in [6.45, 7) is 2.86. The highest BCUT2D eigenvalue weighted by Gasteiger charge is 2.19. The Morgan fingerprint density at radius 3 is 1.66 bits per heavy atom. The largest absolute Gasteiger partial charge is 0.497 e.